The molecule has 0 amide bonds. The Morgan fingerprint density at radius 3 is 1.86 bits per heavy atom. The third-order valence-electron chi connectivity index (χ3n) is 5.23. The van der Waals surface area contributed by atoms with Crippen LogP contribution in [0.5, 0.6) is 0 Å². The van der Waals surface area contributed by atoms with Gasteiger partial charge in [-0.05, 0) is 47.8 Å². The maximum atomic E-state index is 5.99. The van der Waals surface area contributed by atoms with Crippen molar-refractivity contribution in [1.82, 2.24) is 0 Å². The van der Waals surface area contributed by atoms with Gasteiger partial charge in [-0.2, -0.15) is 0 Å². The normalized spacial score (nSPS) is 33.9. The van der Waals surface area contributed by atoms with Gasteiger partial charge in [0.05, 0.1) is 6.61 Å². The van der Waals surface area contributed by atoms with Crippen molar-refractivity contribution in [1.29, 1.82) is 0 Å². The van der Waals surface area contributed by atoms with E-state index in [1.54, 1.807) is 0 Å². The lowest BCUT2D eigenvalue weighted by atomic mass is 9.64. The Bertz CT molecular complexity index is 275. The second-order valence-electron chi connectivity index (χ2n) is 8.22. The van der Waals surface area contributed by atoms with Crippen molar-refractivity contribution in [3.05, 3.63) is 0 Å². The highest BCUT2D eigenvalue weighted by Gasteiger charge is 2.38. The van der Waals surface area contributed by atoms with Gasteiger partial charge in [0.2, 0.25) is 0 Å². The molecule has 0 aromatic rings. The zero-order chi connectivity index (χ0) is 16.0. The Balaban J connectivity index is 2.56. The first-order valence-corrected chi connectivity index (χ1v) is 8.98. The molecule has 21 heavy (non-hydrogen) atoms. The average molecular weight is 299 g/mol. The Morgan fingerprint density at radius 1 is 0.810 bits per heavy atom. The highest BCUT2D eigenvalue weighted by atomic mass is 16.5. The van der Waals surface area contributed by atoms with Crippen molar-refractivity contribution in [3.63, 3.8) is 0 Å². The summed E-state index contributed by atoms with van der Waals surface area (Å²) in [6, 6.07) is 0. The zero-order valence-electron chi connectivity index (χ0n) is 15.4. The highest BCUT2D eigenvalue weighted by Crippen LogP contribution is 2.42. The zero-order valence-corrected chi connectivity index (χ0v) is 15.4. The van der Waals surface area contributed by atoms with Gasteiger partial charge in [0, 0.05) is 19.8 Å². The summed E-state index contributed by atoms with van der Waals surface area (Å²) in [7, 11) is 0. The lowest BCUT2D eigenvalue weighted by molar-refractivity contribution is -0.0468. The summed E-state index contributed by atoms with van der Waals surface area (Å²) < 4.78 is 12.0. The van der Waals surface area contributed by atoms with Crippen LogP contribution in [0.4, 0.5) is 0 Å². The van der Waals surface area contributed by atoms with Crippen molar-refractivity contribution >= 4 is 0 Å². The molecule has 0 spiro atoms. The molecule has 0 aliphatic heterocycles. The van der Waals surface area contributed by atoms with Crippen LogP contribution in [-0.2, 0) is 9.47 Å². The van der Waals surface area contributed by atoms with Crippen LogP contribution in [-0.4, -0.2) is 26.4 Å². The molecule has 1 aliphatic carbocycles. The van der Waals surface area contributed by atoms with Crippen LogP contribution >= 0.6 is 0 Å². The molecule has 5 atom stereocenters. The van der Waals surface area contributed by atoms with E-state index in [0.717, 1.165) is 44.2 Å². The second-order valence-corrected chi connectivity index (χ2v) is 8.22. The van der Waals surface area contributed by atoms with E-state index in [1.165, 1.54) is 6.42 Å². The fraction of sp³-hybridized carbons (Fsp3) is 1.00. The van der Waals surface area contributed by atoms with E-state index >= 15 is 0 Å². The van der Waals surface area contributed by atoms with Crippen molar-refractivity contribution in [3.8, 4) is 0 Å². The molecule has 2 nitrogen and oxygen atoms in total. The summed E-state index contributed by atoms with van der Waals surface area (Å²) >= 11 is 0. The summed E-state index contributed by atoms with van der Waals surface area (Å²) in [6.45, 7) is 19.7. The van der Waals surface area contributed by atoms with Crippen molar-refractivity contribution in [2.45, 2.75) is 54.9 Å². The quantitative estimate of drug-likeness (QED) is 0.636. The van der Waals surface area contributed by atoms with Crippen molar-refractivity contribution < 1.29 is 9.47 Å². The molecule has 5 unspecified atom stereocenters. The monoisotopic (exact) mass is 298 g/mol. The molecule has 126 valence electrons. The lowest BCUT2D eigenvalue weighted by Gasteiger charge is -2.44. The van der Waals surface area contributed by atoms with Crippen LogP contribution in [0.2, 0.25) is 0 Å². The minimum absolute atomic E-state index is 0.621. The minimum atomic E-state index is 0.621. The summed E-state index contributed by atoms with van der Waals surface area (Å²) in [4.78, 5) is 0. The smallest absolute Gasteiger partial charge is 0.0500 e. The van der Waals surface area contributed by atoms with E-state index in [2.05, 4.69) is 48.5 Å². The number of rotatable bonds is 8. The van der Waals surface area contributed by atoms with Crippen molar-refractivity contribution in [2.24, 2.45) is 41.4 Å². The van der Waals surface area contributed by atoms with E-state index < -0.39 is 0 Å². The van der Waals surface area contributed by atoms with Gasteiger partial charge in [-0.3, -0.25) is 0 Å². The summed E-state index contributed by atoms with van der Waals surface area (Å²) in [5.74, 6) is 4.88. The van der Waals surface area contributed by atoms with Gasteiger partial charge in [0.25, 0.3) is 0 Å². The van der Waals surface area contributed by atoms with E-state index in [9.17, 15) is 0 Å². The topological polar surface area (TPSA) is 18.5 Å². The van der Waals surface area contributed by atoms with Gasteiger partial charge in [-0.15, -0.1) is 0 Å². The van der Waals surface area contributed by atoms with Gasteiger partial charge in [0.15, 0.2) is 0 Å². The van der Waals surface area contributed by atoms with Crippen LogP contribution in [0.3, 0.4) is 0 Å². The van der Waals surface area contributed by atoms with Gasteiger partial charge in [-0.1, -0.05) is 48.5 Å². The summed E-state index contributed by atoms with van der Waals surface area (Å²) in [5.41, 5.74) is 0. The molecule has 0 saturated heterocycles. The molecular formula is C19H38O2. The fourth-order valence-corrected chi connectivity index (χ4v) is 3.58. The second kappa shape index (κ2) is 9.15. The van der Waals surface area contributed by atoms with Crippen LogP contribution < -0.4 is 0 Å². The number of hydrogen-bond acceptors (Lipinski definition) is 2. The Kier molecular flexibility index (Phi) is 8.26. The van der Waals surface area contributed by atoms with Crippen LogP contribution in [0, 0.1) is 41.4 Å². The van der Waals surface area contributed by atoms with Gasteiger partial charge in [0.1, 0.15) is 0 Å². The molecule has 0 aromatic heterocycles. The molecular weight excluding hydrogens is 260 g/mol. The van der Waals surface area contributed by atoms with Crippen LogP contribution in [0.1, 0.15) is 54.9 Å². The molecule has 1 fully saturated rings. The van der Waals surface area contributed by atoms with E-state index in [1.807, 2.05) is 0 Å². The third kappa shape index (κ3) is 6.28. The first-order valence-electron chi connectivity index (χ1n) is 8.98. The van der Waals surface area contributed by atoms with E-state index in [4.69, 9.17) is 9.47 Å². The molecule has 0 N–H and O–H groups in total. The lowest BCUT2D eigenvalue weighted by Crippen LogP contribution is -2.41. The standard InChI is InChI=1S/C19H38O2/c1-13(2)9-20-11-18-8-15(5)16(6)17(7)19(18)12-21-10-14(3)4/h13-19H,8-12H2,1-7H3. The van der Waals surface area contributed by atoms with E-state index in [0.29, 0.717) is 23.7 Å². The van der Waals surface area contributed by atoms with Gasteiger partial charge < -0.3 is 9.47 Å². The largest absolute Gasteiger partial charge is 0.381 e. The molecule has 0 radical (unpaired) electrons. The predicted molar refractivity (Wildman–Crippen MR) is 90.4 cm³/mol. The third-order valence-corrected chi connectivity index (χ3v) is 5.23. The Labute approximate surface area is 133 Å². The molecule has 1 rings (SSSR count). The van der Waals surface area contributed by atoms with Crippen LogP contribution in [0.15, 0.2) is 0 Å². The first kappa shape index (κ1) is 19.0. The Morgan fingerprint density at radius 2 is 1.33 bits per heavy atom. The highest BCUT2D eigenvalue weighted by molar-refractivity contribution is 4.87. The number of ether oxygens (including phenoxy) is 2. The average Bonchev–Trinajstić information content (AvgIpc) is 2.39. The fourth-order valence-electron chi connectivity index (χ4n) is 3.58. The molecule has 0 bridgehead atoms. The Hall–Kier alpha value is -0.0800. The first-order chi connectivity index (χ1) is 9.82. The molecule has 1 saturated carbocycles. The molecule has 0 aromatic carbocycles. The maximum Gasteiger partial charge on any atom is 0.0500 e. The minimum Gasteiger partial charge on any atom is -0.381 e. The van der Waals surface area contributed by atoms with Crippen LogP contribution in [0.25, 0.3) is 0 Å². The van der Waals surface area contributed by atoms with Gasteiger partial charge in [-0.25, -0.2) is 0 Å². The molecule has 2 heteroatoms. The molecule has 0 heterocycles. The number of hydrogen-bond donors (Lipinski definition) is 0. The molecule has 1 aliphatic rings. The summed E-state index contributed by atoms with van der Waals surface area (Å²) in [6.07, 6.45) is 1.29. The predicted octanol–water partition coefficient (Wildman–Crippen LogP) is 4.88. The maximum absolute atomic E-state index is 5.99. The SMILES string of the molecule is CC(C)COCC1CC(C)C(C)C(C)C1COCC(C)C. The van der Waals surface area contributed by atoms with E-state index in [-0.39, 0.29) is 0 Å². The van der Waals surface area contributed by atoms with Crippen molar-refractivity contribution in [2.75, 3.05) is 26.4 Å². The van der Waals surface area contributed by atoms with Gasteiger partial charge >= 0.3 is 0 Å². The summed E-state index contributed by atoms with van der Waals surface area (Å²) in [5, 5.41) is 0.